The zero-order chi connectivity index (χ0) is 10.4. The molecule has 0 aliphatic carbocycles. The molecule has 14 heavy (non-hydrogen) atoms. The molecule has 0 amide bonds. The van der Waals surface area contributed by atoms with Crippen LogP contribution in [0.5, 0.6) is 0 Å². The van der Waals surface area contributed by atoms with Gasteiger partial charge in [-0.2, -0.15) is 0 Å². The number of allylic oxidation sites excluding steroid dienone is 2. The maximum Gasteiger partial charge on any atom is 0.0594 e. The third kappa shape index (κ3) is 3.48. The Balaban J connectivity index is 2.39. The predicted molar refractivity (Wildman–Crippen MR) is 60.4 cm³/mol. The summed E-state index contributed by atoms with van der Waals surface area (Å²) in [7, 11) is 0. The number of nitrogens with zero attached hydrogens (tertiary/aromatic N) is 1. The van der Waals surface area contributed by atoms with Crippen molar-refractivity contribution in [3.8, 4) is 0 Å². The van der Waals surface area contributed by atoms with E-state index in [1.807, 2.05) is 6.08 Å². The molecule has 1 saturated heterocycles. The van der Waals surface area contributed by atoms with Crippen molar-refractivity contribution in [1.82, 2.24) is 4.90 Å². The molecule has 78 valence electrons. The van der Waals surface area contributed by atoms with Crippen molar-refractivity contribution in [1.29, 1.82) is 0 Å². The first-order valence-corrected chi connectivity index (χ1v) is 5.01. The van der Waals surface area contributed by atoms with Crippen LogP contribution in [0.15, 0.2) is 36.5 Å². The number of morpholine rings is 1. The van der Waals surface area contributed by atoms with E-state index in [4.69, 9.17) is 4.74 Å². The van der Waals surface area contributed by atoms with Gasteiger partial charge in [0, 0.05) is 19.6 Å². The molecule has 0 saturated carbocycles. The Morgan fingerprint density at radius 1 is 1.43 bits per heavy atom. The molecule has 0 atom stereocenters. The van der Waals surface area contributed by atoms with Crippen molar-refractivity contribution in [3.05, 3.63) is 36.5 Å². The van der Waals surface area contributed by atoms with Crippen molar-refractivity contribution < 1.29 is 4.74 Å². The zero-order valence-corrected chi connectivity index (χ0v) is 8.96. The van der Waals surface area contributed by atoms with E-state index in [1.165, 1.54) is 11.1 Å². The second kappa shape index (κ2) is 5.78. The van der Waals surface area contributed by atoms with Crippen LogP contribution in [0.1, 0.15) is 6.92 Å². The molecule has 1 aliphatic rings. The molecule has 0 bridgehead atoms. The summed E-state index contributed by atoms with van der Waals surface area (Å²) >= 11 is 0. The van der Waals surface area contributed by atoms with Gasteiger partial charge in [0.15, 0.2) is 0 Å². The fourth-order valence-electron chi connectivity index (χ4n) is 1.45. The SMILES string of the molecule is C=C/C=C(/C)C(=C)CN1CCOCC1. The fraction of sp³-hybridized carbons (Fsp3) is 0.500. The number of rotatable bonds is 4. The molecule has 0 N–H and O–H groups in total. The first-order valence-electron chi connectivity index (χ1n) is 5.01. The molecule has 0 aromatic carbocycles. The summed E-state index contributed by atoms with van der Waals surface area (Å²) in [5, 5.41) is 0. The predicted octanol–water partition coefficient (Wildman–Crippen LogP) is 2.01. The molecule has 0 unspecified atom stereocenters. The smallest absolute Gasteiger partial charge is 0.0594 e. The van der Waals surface area contributed by atoms with Crippen LogP contribution >= 0.6 is 0 Å². The first kappa shape index (κ1) is 11.2. The van der Waals surface area contributed by atoms with E-state index in [1.54, 1.807) is 6.08 Å². The average molecular weight is 193 g/mol. The Morgan fingerprint density at radius 3 is 2.64 bits per heavy atom. The molecule has 2 nitrogen and oxygen atoms in total. The number of ether oxygens (including phenoxy) is 1. The lowest BCUT2D eigenvalue weighted by Crippen LogP contribution is -2.37. The van der Waals surface area contributed by atoms with Crippen molar-refractivity contribution >= 4 is 0 Å². The third-order valence-corrected chi connectivity index (χ3v) is 2.44. The van der Waals surface area contributed by atoms with Crippen LogP contribution in [-0.4, -0.2) is 37.7 Å². The monoisotopic (exact) mass is 193 g/mol. The Bertz CT molecular complexity index is 237. The highest BCUT2D eigenvalue weighted by Gasteiger charge is 2.11. The van der Waals surface area contributed by atoms with Crippen LogP contribution in [0, 0.1) is 0 Å². The van der Waals surface area contributed by atoms with Crippen LogP contribution in [-0.2, 0) is 4.74 Å². The Morgan fingerprint density at radius 2 is 2.07 bits per heavy atom. The lowest BCUT2D eigenvalue weighted by atomic mass is 10.1. The molecule has 2 heteroatoms. The molecule has 1 heterocycles. The summed E-state index contributed by atoms with van der Waals surface area (Å²) in [4.78, 5) is 2.37. The quantitative estimate of drug-likeness (QED) is 0.633. The summed E-state index contributed by atoms with van der Waals surface area (Å²) in [5.74, 6) is 0. The van der Waals surface area contributed by atoms with Gasteiger partial charge in [-0.15, -0.1) is 0 Å². The van der Waals surface area contributed by atoms with Crippen molar-refractivity contribution in [2.75, 3.05) is 32.8 Å². The Labute approximate surface area is 86.6 Å². The molecule has 0 aromatic rings. The second-order valence-corrected chi connectivity index (χ2v) is 3.58. The molecule has 1 fully saturated rings. The van der Waals surface area contributed by atoms with Crippen LogP contribution in [0.4, 0.5) is 0 Å². The van der Waals surface area contributed by atoms with Gasteiger partial charge in [-0.05, 0) is 18.1 Å². The molecular formula is C12H19NO. The molecule has 1 aliphatic heterocycles. The van der Waals surface area contributed by atoms with E-state index in [0.717, 1.165) is 32.8 Å². The molecule has 0 aromatic heterocycles. The maximum atomic E-state index is 5.29. The van der Waals surface area contributed by atoms with Crippen molar-refractivity contribution in [3.63, 3.8) is 0 Å². The number of hydrogen-bond donors (Lipinski definition) is 0. The lowest BCUT2D eigenvalue weighted by molar-refractivity contribution is 0.0425. The van der Waals surface area contributed by atoms with Gasteiger partial charge in [0.25, 0.3) is 0 Å². The minimum atomic E-state index is 0.845. The van der Waals surface area contributed by atoms with Gasteiger partial charge < -0.3 is 4.74 Å². The van der Waals surface area contributed by atoms with Gasteiger partial charge in [-0.25, -0.2) is 0 Å². The minimum absolute atomic E-state index is 0.845. The average Bonchev–Trinajstić information content (AvgIpc) is 2.19. The third-order valence-electron chi connectivity index (χ3n) is 2.44. The van der Waals surface area contributed by atoms with E-state index < -0.39 is 0 Å². The van der Waals surface area contributed by atoms with Crippen LogP contribution < -0.4 is 0 Å². The molecular weight excluding hydrogens is 174 g/mol. The van der Waals surface area contributed by atoms with Gasteiger partial charge in [-0.1, -0.05) is 25.3 Å². The summed E-state index contributed by atoms with van der Waals surface area (Å²) in [6, 6.07) is 0. The maximum absolute atomic E-state index is 5.29. The van der Waals surface area contributed by atoms with E-state index >= 15 is 0 Å². The molecule has 1 rings (SSSR count). The highest BCUT2D eigenvalue weighted by molar-refractivity contribution is 5.30. The standard InChI is InChI=1S/C12H19NO/c1-4-5-11(2)12(3)10-13-6-8-14-9-7-13/h4-5H,1,3,6-10H2,2H3/b11-5-. The first-order chi connectivity index (χ1) is 6.74. The zero-order valence-electron chi connectivity index (χ0n) is 8.96. The van der Waals surface area contributed by atoms with E-state index in [-0.39, 0.29) is 0 Å². The normalized spacial score (nSPS) is 19.4. The lowest BCUT2D eigenvalue weighted by Gasteiger charge is -2.27. The summed E-state index contributed by atoms with van der Waals surface area (Å²) in [6.07, 6.45) is 3.81. The minimum Gasteiger partial charge on any atom is -0.379 e. The van der Waals surface area contributed by atoms with E-state index in [0.29, 0.717) is 0 Å². The fourth-order valence-corrected chi connectivity index (χ4v) is 1.45. The summed E-state index contributed by atoms with van der Waals surface area (Å²) < 4.78 is 5.29. The van der Waals surface area contributed by atoms with Gasteiger partial charge in [0.1, 0.15) is 0 Å². The second-order valence-electron chi connectivity index (χ2n) is 3.58. The van der Waals surface area contributed by atoms with Gasteiger partial charge in [-0.3, -0.25) is 4.90 Å². The van der Waals surface area contributed by atoms with Gasteiger partial charge in [0.2, 0.25) is 0 Å². The van der Waals surface area contributed by atoms with Gasteiger partial charge >= 0.3 is 0 Å². The van der Waals surface area contributed by atoms with E-state index in [2.05, 4.69) is 25.0 Å². The van der Waals surface area contributed by atoms with Crippen molar-refractivity contribution in [2.45, 2.75) is 6.92 Å². The van der Waals surface area contributed by atoms with Crippen LogP contribution in [0.2, 0.25) is 0 Å². The van der Waals surface area contributed by atoms with Crippen LogP contribution in [0.3, 0.4) is 0 Å². The van der Waals surface area contributed by atoms with Crippen molar-refractivity contribution in [2.24, 2.45) is 0 Å². The Kier molecular flexibility index (Phi) is 4.63. The van der Waals surface area contributed by atoms with Gasteiger partial charge in [0.05, 0.1) is 13.2 Å². The van der Waals surface area contributed by atoms with Crippen LogP contribution in [0.25, 0.3) is 0 Å². The summed E-state index contributed by atoms with van der Waals surface area (Å²) in [5.41, 5.74) is 2.39. The molecule has 0 radical (unpaired) electrons. The Hall–Kier alpha value is -0.860. The number of hydrogen-bond acceptors (Lipinski definition) is 2. The van der Waals surface area contributed by atoms with E-state index in [9.17, 15) is 0 Å². The topological polar surface area (TPSA) is 12.5 Å². The summed E-state index contributed by atoms with van der Waals surface area (Å²) in [6.45, 7) is 14.5. The highest BCUT2D eigenvalue weighted by atomic mass is 16.5. The molecule has 0 spiro atoms. The highest BCUT2D eigenvalue weighted by Crippen LogP contribution is 2.10. The largest absolute Gasteiger partial charge is 0.379 e.